The fourth-order valence-corrected chi connectivity index (χ4v) is 1.83. The SMILES string of the molecule is COc1ccc(NC=CC(=O)c2ccc(F)cc2)c([N+](=O)[O-])c1. The molecule has 2 rings (SSSR count). The quantitative estimate of drug-likeness (QED) is 0.381. The maximum atomic E-state index is 12.8. The van der Waals surface area contributed by atoms with E-state index in [1.54, 1.807) is 6.07 Å². The van der Waals surface area contributed by atoms with Crippen LogP contribution >= 0.6 is 0 Å². The number of methoxy groups -OCH3 is 1. The molecule has 1 N–H and O–H groups in total. The number of nitrogens with one attached hydrogen (secondary N) is 1. The molecule has 0 aliphatic heterocycles. The molecule has 2 aromatic carbocycles. The third-order valence-electron chi connectivity index (χ3n) is 3.00. The van der Waals surface area contributed by atoms with Crippen LogP contribution in [0.25, 0.3) is 0 Å². The maximum Gasteiger partial charge on any atom is 0.296 e. The first kappa shape index (κ1) is 16.2. The molecule has 0 aromatic heterocycles. The summed E-state index contributed by atoms with van der Waals surface area (Å²) in [4.78, 5) is 22.3. The van der Waals surface area contributed by atoms with Crippen LogP contribution in [0, 0.1) is 15.9 Å². The van der Waals surface area contributed by atoms with Gasteiger partial charge in [-0.2, -0.15) is 0 Å². The molecule has 0 fully saturated rings. The summed E-state index contributed by atoms with van der Waals surface area (Å²) < 4.78 is 17.7. The van der Waals surface area contributed by atoms with Gasteiger partial charge in [-0.25, -0.2) is 4.39 Å². The lowest BCUT2D eigenvalue weighted by Gasteiger charge is -2.05. The highest BCUT2D eigenvalue weighted by atomic mass is 19.1. The van der Waals surface area contributed by atoms with Crippen LogP contribution in [0.4, 0.5) is 15.8 Å². The van der Waals surface area contributed by atoms with Crippen molar-refractivity contribution in [2.75, 3.05) is 12.4 Å². The van der Waals surface area contributed by atoms with Gasteiger partial charge in [-0.05, 0) is 36.4 Å². The van der Waals surface area contributed by atoms with Crippen LogP contribution in [0.3, 0.4) is 0 Å². The van der Waals surface area contributed by atoms with Crippen molar-refractivity contribution in [2.24, 2.45) is 0 Å². The largest absolute Gasteiger partial charge is 0.496 e. The van der Waals surface area contributed by atoms with Gasteiger partial charge in [0.2, 0.25) is 0 Å². The standard InChI is InChI=1S/C16H13FN2O4/c1-23-13-6-7-14(15(10-13)19(21)22)18-9-8-16(20)11-2-4-12(17)5-3-11/h2-10,18H,1H3. The van der Waals surface area contributed by atoms with Crippen LogP contribution in [0.5, 0.6) is 5.75 Å². The molecule has 118 valence electrons. The zero-order valence-corrected chi connectivity index (χ0v) is 12.2. The van der Waals surface area contributed by atoms with E-state index in [1.807, 2.05) is 0 Å². The minimum Gasteiger partial charge on any atom is -0.496 e. The number of ketones is 1. The zero-order valence-electron chi connectivity index (χ0n) is 12.2. The minimum atomic E-state index is -0.555. The van der Waals surface area contributed by atoms with Gasteiger partial charge in [0.15, 0.2) is 5.78 Å². The van der Waals surface area contributed by atoms with Crippen molar-refractivity contribution in [3.63, 3.8) is 0 Å². The summed E-state index contributed by atoms with van der Waals surface area (Å²) in [6.07, 6.45) is 2.50. The number of hydrogen-bond donors (Lipinski definition) is 1. The first-order valence-corrected chi connectivity index (χ1v) is 6.56. The summed E-state index contributed by atoms with van der Waals surface area (Å²) in [6, 6.07) is 9.40. The van der Waals surface area contributed by atoms with Crippen molar-refractivity contribution < 1.29 is 18.8 Å². The first-order chi connectivity index (χ1) is 11.0. The Morgan fingerprint density at radius 2 is 1.96 bits per heavy atom. The fraction of sp³-hybridized carbons (Fsp3) is 0.0625. The molecule has 2 aromatic rings. The number of carbonyl (C=O) groups excluding carboxylic acids is 1. The molecule has 0 aliphatic rings. The number of anilines is 1. The minimum absolute atomic E-state index is 0.178. The topological polar surface area (TPSA) is 81.5 Å². The average Bonchev–Trinajstić information content (AvgIpc) is 2.55. The Balaban J connectivity index is 2.12. The molecule has 0 saturated heterocycles. The van der Waals surface area contributed by atoms with Gasteiger partial charge < -0.3 is 10.1 Å². The number of carbonyl (C=O) groups is 1. The van der Waals surface area contributed by atoms with Gasteiger partial charge in [-0.3, -0.25) is 14.9 Å². The zero-order chi connectivity index (χ0) is 16.8. The van der Waals surface area contributed by atoms with E-state index >= 15 is 0 Å². The van der Waals surface area contributed by atoms with Gasteiger partial charge in [-0.1, -0.05) is 0 Å². The van der Waals surface area contributed by atoms with Gasteiger partial charge in [-0.15, -0.1) is 0 Å². The number of nitrogens with zero attached hydrogens (tertiary/aromatic N) is 1. The lowest BCUT2D eigenvalue weighted by Crippen LogP contribution is -1.99. The van der Waals surface area contributed by atoms with Crippen molar-refractivity contribution in [2.45, 2.75) is 0 Å². The Kier molecular flexibility index (Phi) is 5.03. The van der Waals surface area contributed by atoms with Gasteiger partial charge >= 0.3 is 0 Å². The summed E-state index contributed by atoms with van der Waals surface area (Å²) in [7, 11) is 1.41. The van der Waals surface area contributed by atoms with Gasteiger partial charge in [0, 0.05) is 17.8 Å². The van der Waals surface area contributed by atoms with E-state index in [9.17, 15) is 19.3 Å². The van der Waals surface area contributed by atoms with E-state index < -0.39 is 10.7 Å². The number of allylic oxidation sites excluding steroid dienone is 1. The second kappa shape index (κ2) is 7.17. The van der Waals surface area contributed by atoms with E-state index in [0.717, 1.165) is 0 Å². The second-order valence-electron chi connectivity index (χ2n) is 4.49. The van der Waals surface area contributed by atoms with E-state index in [-0.39, 0.29) is 17.2 Å². The highest BCUT2D eigenvalue weighted by Crippen LogP contribution is 2.28. The van der Waals surface area contributed by atoms with Crippen LogP contribution in [-0.4, -0.2) is 17.8 Å². The normalized spacial score (nSPS) is 10.5. The Hall–Kier alpha value is -3.22. The molecule has 6 nitrogen and oxygen atoms in total. The van der Waals surface area contributed by atoms with Crippen LogP contribution in [0.2, 0.25) is 0 Å². The molecule has 0 unspecified atom stereocenters. The van der Waals surface area contributed by atoms with E-state index in [2.05, 4.69) is 5.32 Å². The molecule has 7 heteroatoms. The van der Waals surface area contributed by atoms with Crippen molar-refractivity contribution in [1.29, 1.82) is 0 Å². The fourth-order valence-electron chi connectivity index (χ4n) is 1.83. The molecule has 0 spiro atoms. The Morgan fingerprint density at radius 3 is 2.57 bits per heavy atom. The first-order valence-electron chi connectivity index (χ1n) is 6.56. The van der Waals surface area contributed by atoms with Crippen LogP contribution in [0.15, 0.2) is 54.7 Å². The van der Waals surface area contributed by atoms with E-state index in [0.29, 0.717) is 11.3 Å². The number of rotatable bonds is 6. The van der Waals surface area contributed by atoms with Crippen molar-refractivity contribution >= 4 is 17.2 Å². The lowest BCUT2D eigenvalue weighted by atomic mass is 10.1. The van der Waals surface area contributed by atoms with Crippen molar-refractivity contribution in [3.8, 4) is 5.75 Å². The number of ether oxygens (including phenoxy) is 1. The van der Waals surface area contributed by atoms with Gasteiger partial charge in [0.05, 0.1) is 18.1 Å². The summed E-state index contributed by atoms with van der Waals surface area (Å²) >= 11 is 0. The average molecular weight is 316 g/mol. The van der Waals surface area contributed by atoms with E-state index in [1.165, 1.54) is 55.8 Å². The number of nitro benzene ring substituents is 1. The Morgan fingerprint density at radius 1 is 1.26 bits per heavy atom. The molecule has 0 aliphatic carbocycles. The third-order valence-corrected chi connectivity index (χ3v) is 3.00. The van der Waals surface area contributed by atoms with Crippen LogP contribution in [0.1, 0.15) is 10.4 Å². The number of benzene rings is 2. The van der Waals surface area contributed by atoms with Gasteiger partial charge in [0.25, 0.3) is 5.69 Å². The number of halogens is 1. The van der Waals surface area contributed by atoms with E-state index in [4.69, 9.17) is 4.74 Å². The lowest BCUT2D eigenvalue weighted by molar-refractivity contribution is -0.384. The Bertz CT molecular complexity index is 757. The number of nitro groups is 1. The predicted octanol–water partition coefficient (Wildman–Crippen LogP) is 3.55. The van der Waals surface area contributed by atoms with Gasteiger partial charge in [0.1, 0.15) is 17.3 Å². The maximum absolute atomic E-state index is 12.8. The summed E-state index contributed by atoms with van der Waals surface area (Å²) in [5.74, 6) is -0.431. The smallest absolute Gasteiger partial charge is 0.296 e. The molecule has 0 atom stereocenters. The Labute approximate surface area is 131 Å². The van der Waals surface area contributed by atoms with Crippen molar-refractivity contribution in [1.82, 2.24) is 0 Å². The van der Waals surface area contributed by atoms with Crippen molar-refractivity contribution in [3.05, 3.63) is 76.2 Å². The molecule has 0 saturated carbocycles. The third kappa shape index (κ3) is 4.13. The molecule has 0 amide bonds. The highest BCUT2D eigenvalue weighted by molar-refractivity contribution is 6.04. The summed E-state index contributed by atoms with van der Waals surface area (Å²) in [5.41, 5.74) is 0.357. The molecule has 0 bridgehead atoms. The number of hydrogen-bond acceptors (Lipinski definition) is 5. The van der Waals surface area contributed by atoms with Crippen LogP contribution < -0.4 is 10.1 Å². The van der Waals surface area contributed by atoms with Crippen LogP contribution in [-0.2, 0) is 0 Å². The molecular weight excluding hydrogens is 303 g/mol. The molecule has 23 heavy (non-hydrogen) atoms. The monoisotopic (exact) mass is 316 g/mol. The predicted molar refractivity (Wildman–Crippen MR) is 83.1 cm³/mol. The summed E-state index contributed by atoms with van der Waals surface area (Å²) in [5, 5.41) is 13.7. The summed E-state index contributed by atoms with van der Waals surface area (Å²) in [6.45, 7) is 0. The highest BCUT2D eigenvalue weighted by Gasteiger charge is 2.14. The molecular formula is C16H13FN2O4. The second-order valence-corrected chi connectivity index (χ2v) is 4.49. The molecule has 0 heterocycles. The molecule has 0 radical (unpaired) electrons.